The van der Waals surface area contributed by atoms with Crippen molar-refractivity contribution in [2.75, 3.05) is 5.75 Å². The third-order valence-corrected chi connectivity index (χ3v) is 5.93. The van der Waals surface area contributed by atoms with E-state index >= 15 is 0 Å². The Hall–Kier alpha value is -3.50. The average molecular weight is 432 g/mol. The second kappa shape index (κ2) is 9.11. The number of nitriles is 1. The number of benzene rings is 1. The molecule has 1 N–H and O–H groups in total. The van der Waals surface area contributed by atoms with Crippen LogP contribution in [0.2, 0.25) is 0 Å². The molecular formula is C24H21N3O3S. The van der Waals surface area contributed by atoms with Gasteiger partial charge in [-0.15, -0.1) is 0 Å². The van der Waals surface area contributed by atoms with Gasteiger partial charge in [-0.25, -0.2) is 4.98 Å². The number of carbonyl (C=O) groups is 3. The number of aromatic amines is 1. The summed E-state index contributed by atoms with van der Waals surface area (Å²) in [7, 11) is 0. The molecule has 0 unspecified atom stereocenters. The Morgan fingerprint density at radius 1 is 1.10 bits per heavy atom. The van der Waals surface area contributed by atoms with Gasteiger partial charge in [0.05, 0.1) is 22.7 Å². The van der Waals surface area contributed by atoms with Crippen molar-refractivity contribution in [1.82, 2.24) is 9.97 Å². The Bertz CT molecular complexity index is 1240. The number of rotatable bonds is 7. The van der Waals surface area contributed by atoms with Crippen LogP contribution in [0.4, 0.5) is 0 Å². The molecule has 7 heteroatoms. The van der Waals surface area contributed by atoms with Crippen molar-refractivity contribution in [3.63, 3.8) is 0 Å². The quantitative estimate of drug-likeness (QED) is 0.419. The molecule has 0 saturated heterocycles. The van der Waals surface area contributed by atoms with Crippen molar-refractivity contribution >= 4 is 29.1 Å². The number of thioether (sulfide) groups is 1. The predicted octanol–water partition coefficient (Wildman–Crippen LogP) is 4.95. The molecule has 2 aromatic heterocycles. The van der Waals surface area contributed by atoms with E-state index in [9.17, 15) is 19.6 Å². The summed E-state index contributed by atoms with van der Waals surface area (Å²) in [6.45, 7) is 6.41. The first kappa shape index (κ1) is 22.2. The van der Waals surface area contributed by atoms with E-state index in [2.05, 4.69) is 16.0 Å². The summed E-state index contributed by atoms with van der Waals surface area (Å²) >= 11 is 1.14. The average Bonchev–Trinajstić information content (AvgIpc) is 3.06. The van der Waals surface area contributed by atoms with Crippen LogP contribution in [0.5, 0.6) is 0 Å². The van der Waals surface area contributed by atoms with E-state index in [4.69, 9.17) is 0 Å². The van der Waals surface area contributed by atoms with E-state index in [0.29, 0.717) is 38.8 Å². The van der Waals surface area contributed by atoms with Gasteiger partial charge < -0.3 is 4.98 Å². The molecule has 1 aromatic carbocycles. The number of aromatic nitrogens is 2. The lowest BCUT2D eigenvalue weighted by atomic mass is 10.0. The lowest BCUT2D eigenvalue weighted by molar-refractivity contribution is 0.100. The van der Waals surface area contributed by atoms with Gasteiger partial charge in [0, 0.05) is 22.4 Å². The second-order valence-electron chi connectivity index (χ2n) is 7.16. The number of hydrogen-bond donors (Lipinski definition) is 1. The van der Waals surface area contributed by atoms with Crippen LogP contribution in [0.1, 0.15) is 61.9 Å². The predicted molar refractivity (Wildman–Crippen MR) is 120 cm³/mol. The van der Waals surface area contributed by atoms with Crippen LogP contribution >= 0.6 is 11.8 Å². The van der Waals surface area contributed by atoms with Crippen LogP contribution in [-0.2, 0) is 0 Å². The van der Waals surface area contributed by atoms with Crippen molar-refractivity contribution in [1.29, 1.82) is 5.26 Å². The number of Topliss-reactive ketones (excluding diaryl/α,β-unsaturated/α-hetero) is 3. The number of H-pyrrole nitrogens is 1. The van der Waals surface area contributed by atoms with Crippen LogP contribution in [0, 0.1) is 25.2 Å². The largest absolute Gasteiger partial charge is 0.355 e. The van der Waals surface area contributed by atoms with E-state index in [-0.39, 0.29) is 28.7 Å². The van der Waals surface area contributed by atoms with Gasteiger partial charge in [-0.05, 0) is 39.3 Å². The minimum atomic E-state index is -0.194. The molecule has 0 aliphatic rings. The molecule has 0 saturated carbocycles. The number of pyridine rings is 1. The Morgan fingerprint density at radius 2 is 1.77 bits per heavy atom. The highest BCUT2D eigenvalue weighted by molar-refractivity contribution is 8.00. The van der Waals surface area contributed by atoms with Crippen LogP contribution in [0.15, 0.2) is 41.4 Å². The molecule has 0 radical (unpaired) electrons. The molecule has 2 heterocycles. The molecule has 3 rings (SSSR count). The molecule has 31 heavy (non-hydrogen) atoms. The lowest BCUT2D eigenvalue weighted by Gasteiger charge is -2.11. The number of ketones is 3. The second-order valence-corrected chi connectivity index (χ2v) is 8.13. The van der Waals surface area contributed by atoms with Crippen LogP contribution in [0.3, 0.4) is 0 Å². The summed E-state index contributed by atoms with van der Waals surface area (Å²) in [6, 6.07) is 12.8. The van der Waals surface area contributed by atoms with Gasteiger partial charge in [0.2, 0.25) is 0 Å². The summed E-state index contributed by atoms with van der Waals surface area (Å²) < 4.78 is 0. The highest BCUT2D eigenvalue weighted by Crippen LogP contribution is 2.30. The maximum Gasteiger partial charge on any atom is 0.189 e. The summed E-state index contributed by atoms with van der Waals surface area (Å²) in [5.74, 6) is -0.447. The molecule has 3 aromatic rings. The van der Waals surface area contributed by atoms with Crippen molar-refractivity contribution in [3.8, 4) is 17.3 Å². The normalized spacial score (nSPS) is 10.5. The van der Waals surface area contributed by atoms with Gasteiger partial charge in [-0.1, -0.05) is 42.1 Å². The van der Waals surface area contributed by atoms with Crippen LogP contribution in [0.25, 0.3) is 11.3 Å². The minimum Gasteiger partial charge on any atom is -0.355 e. The van der Waals surface area contributed by atoms with E-state index in [1.807, 2.05) is 30.3 Å². The molecule has 0 fully saturated rings. The zero-order valence-electron chi connectivity index (χ0n) is 17.7. The molecule has 156 valence electrons. The van der Waals surface area contributed by atoms with Crippen LogP contribution < -0.4 is 0 Å². The third kappa shape index (κ3) is 4.49. The molecule has 0 atom stereocenters. The number of carbonyl (C=O) groups excluding carboxylic acids is 3. The molecule has 0 amide bonds. The van der Waals surface area contributed by atoms with E-state index < -0.39 is 0 Å². The summed E-state index contributed by atoms with van der Waals surface area (Å²) in [4.78, 5) is 44.4. The smallest absolute Gasteiger partial charge is 0.189 e. The van der Waals surface area contributed by atoms with Gasteiger partial charge in [0.1, 0.15) is 11.1 Å². The molecule has 6 nitrogen and oxygen atoms in total. The maximum atomic E-state index is 12.8. The van der Waals surface area contributed by atoms with Gasteiger partial charge in [0.15, 0.2) is 17.3 Å². The zero-order chi connectivity index (χ0) is 22.7. The fourth-order valence-corrected chi connectivity index (χ4v) is 4.36. The molecule has 0 aliphatic carbocycles. The van der Waals surface area contributed by atoms with Gasteiger partial charge in [0.25, 0.3) is 0 Å². The Kier molecular flexibility index (Phi) is 6.52. The summed E-state index contributed by atoms with van der Waals surface area (Å²) in [5.41, 5.74) is 4.04. The highest BCUT2D eigenvalue weighted by Gasteiger charge is 2.22. The first-order valence-corrected chi connectivity index (χ1v) is 10.6. The fourth-order valence-electron chi connectivity index (χ4n) is 3.53. The molecule has 0 aliphatic heterocycles. The topological polar surface area (TPSA) is 104 Å². The maximum absolute atomic E-state index is 12.8. The van der Waals surface area contributed by atoms with E-state index in [1.54, 1.807) is 13.8 Å². The molecule has 0 spiro atoms. The van der Waals surface area contributed by atoms with Gasteiger partial charge in [-0.2, -0.15) is 5.26 Å². The minimum absolute atomic E-state index is 0.0352. The summed E-state index contributed by atoms with van der Waals surface area (Å²) in [6.07, 6.45) is 0. The number of nitrogens with zero attached hydrogens (tertiary/aromatic N) is 2. The number of hydrogen-bond acceptors (Lipinski definition) is 6. The van der Waals surface area contributed by atoms with Crippen molar-refractivity contribution in [2.45, 2.75) is 32.7 Å². The first-order chi connectivity index (χ1) is 14.7. The van der Waals surface area contributed by atoms with Gasteiger partial charge >= 0.3 is 0 Å². The first-order valence-electron chi connectivity index (χ1n) is 9.62. The van der Waals surface area contributed by atoms with Gasteiger partial charge in [-0.3, -0.25) is 14.4 Å². The monoisotopic (exact) mass is 431 g/mol. The molecular weight excluding hydrogens is 410 g/mol. The van der Waals surface area contributed by atoms with E-state index in [0.717, 1.165) is 17.3 Å². The fraction of sp³-hybridized carbons (Fsp3) is 0.208. The lowest BCUT2D eigenvalue weighted by Crippen LogP contribution is -2.07. The third-order valence-electron chi connectivity index (χ3n) is 4.94. The highest BCUT2D eigenvalue weighted by atomic mass is 32.2. The SMILES string of the molecule is CC(=O)c1cc(C#N)c(SCC(=O)c2[nH]c(C)c(C(C)=O)c2C)nc1-c1ccccc1. The number of aryl methyl sites for hydroxylation is 1. The Morgan fingerprint density at radius 3 is 2.32 bits per heavy atom. The summed E-state index contributed by atoms with van der Waals surface area (Å²) in [5, 5.41) is 9.95. The van der Waals surface area contributed by atoms with Crippen LogP contribution in [-0.4, -0.2) is 33.1 Å². The van der Waals surface area contributed by atoms with Crippen molar-refractivity contribution < 1.29 is 14.4 Å². The Balaban J connectivity index is 1.96. The van der Waals surface area contributed by atoms with E-state index in [1.165, 1.54) is 19.9 Å². The molecule has 0 bridgehead atoms. The number of nitrogens with one attached hydrogen (secondary N) is 1. The standard InChI is InChI=1S/C24H21N3O3S/c1-13-21(16(4)29)14(2)26-22(13)20(30)12-31-24-18(11-25)10-19(15(3)28)23(27-24)17-8-6-5-7-9-17/h5-10,26H,12H2,1-4H3. The van der Waals surface area contributed by atoms with Crippen molar-refractivity contribution in [2.24, 2.45) is 0 Å². The zero-order valence-corrected chi connectivity index (χ0v) is 18.5. The Labute approximate surface area is 184 Å². The van der Waals surface area contributed by atoms with Crippen molar-refractivity contribution in [3.05, 3.63) is 70.0 Å².